The molecule has 0 aliphatic carbocycles. The average Bonchev–Trinajstić information content (AvgIpc) is 3.24. The van der Waals surface area contributed by atoms with Gasteiger partial charge in [-0.25, -0.2) is 9.78 Å². The zero-order valence-electron chi connectivity index (χ0n) is 14.9. The van der Waals surface area contributed by atoms with Crippen LogP contribution in [0.3, 0.4) is 0 Å². The van der Waals surface area contributed by atoms with E-state index in [-0.39, 0.29) is 6.03 Å². The lowest BCUT2D eigenvalue weighted by atomic mass is 10.2. The highest BCUT2D eigenvalue weighted by Gasteiger charge is 2.21. The minimum absolute atomic E-state index is 0.0464. The second-order valence-corrected chi connectivity index (χ2v) is 7.36. The molecule has 0 bridgehead atoms. The van der Waals surface area contributed by atoms with Gasteiger partial charge in [-0.1, -0.05) is 12.1 Å². The molecule has 27 heavy (non-hydrogen) atoms. The molecular formula is C20H21N5OS. The third-order valence-corrected chi connectivity index (χ3v) is 5.43. The van der Waals surface area contributed by atoms with Crippen LogP contribution in [0.4, 0.5) is 10.5 Å². The molecule has 0 saturated carbocycles. The molecule has 0 radical (unpaired) electrons. The first-order valence-corrected chi connectivity index (χ1v) is 9.83. The second-order valence-electron chi connectivity index (χ2n) is 6.47. The summed E-state index contributed by atoms with van der Waals surface area (Å²) in [6.07, 6.45) is 5.43. The van der Waals surface area contributed by atoms with Crippen LogP contribution in [0, 0.1) is 0 Å². The van der Waals surface area contributed by atoms with Gasteiger partial charge in [0, 0.05) is 67.9 Å². The SMILES string of the molecule is O=C(Nc1cccc(-c2nccs2)c1)N1CCN(Cc2ccncc2)CC1. The molecule has 1 N–H and O–H groups in total. The van der Waals surface area contributed by atoms with Crippen molar-refractivity contribution >= 4 is 23.1 Å². The summed E-state index contributed by atoms with van der Waals surface area (Å²) in [5.41, 5.74) is 3.07. The van der Waals surface area contributed by atoms with E-state index < -0.39 is 0 Å². The van der Waals surface area contributed by atoms with Crippen LogP contribution >= 0.6 is 11.3 Å². The maximum absolute atomic E-state index is 12.6. The molecule has 3 heterocycles. The maximum Gasteiger partial charge on any atom is 0.321 e. The maximum atomic E-state index is 12.6. The molecule has 0 unspecified atom stereocenters. The number of benzene rings is 1. The van der Waals surface area contributed by atoms with Gasteiger partial charge in [-0.2, -0.15) is 0 Å². The number of hydrogen-bond acceptors (Lipinski definition) is 5. The van der Waals surface area contributed by atoms with Crippen molar-refractivity contribution in [2.45, 2.75) is 6.54 Å². The third-order valence-electron chi connectivity index (χ3n) is 4.61. The van der Waals surface area contributed by atoms with Gasteiger partial charge in [0.15, 0.2) is 0 Å². The molecule has 1 aromatic carbocycles. The summed E-state index contributed by atoms with van der Waals surface area (Å²) >= 11 is 1.59. The molecule has 1 aliphatic heterocycles. The van der Waals surface area contributed by atoms with Gasteiger partial charge in [0.2, 0.25) is 0 Å². The van der Waals surface area contributed by atoms with E-state index in [2.05, 4.69) is 20.2 Å². The fourth-order valence-corrected chi connectivity index (χ4v) is 3.79. The highest BCUT2D eigenvalue weighted by atomic mass is 32.1. The van der Waals surface area contributed by atoms with Gasteiger partial charge < -0.3 is 10.2 Å². The van der Waals surface area contributed by atoms with E-state index in [9.17, 15) is 4.79 Å². The number of urea groups is 1. The van der Waals surface area contributed by atoms with Gasteiger partial charge >= 0.3 is 6.03 Å². The molecule has 4 rings (SSSR count). The molecule has 1 fully saturated rings. The number of thiazole rings is 1. The second kappa shape index (κ2) is 8.28. The Morgan fingerprint density at radius 3 is 2.63 bits per heavy atom. The fraction of sp³-hybridized carbons (Fsp3) is 0.250. The number of amides is 2. The summed E-state index contributed by atoms with van der Waals surface area (Å²) < 4.78 is 0. The van der Waals surface area contributed by atoms with Gasteiger partial charge in [-0.05, 0) is 29.8 Å². The number of anilines is 1. The van der Waals surface area contributed by atoms with Crippen molar-refractivity contribution < 1.29 is 4.79 Å². The zero-order chi connectivity index (χ0) is 18.5. The third kappa shape index (κ3) is 4.50. The summed E-state index contributed by atoms with van der Waals surface area (Å²) in [7, 11) is 0. The van der Waals surface area contributed by atoms with Crippen LogP contribution in [-0.4, -0.2) is 52.0 Å². The molecule has 2 amide bonds. The Kier molecular flexibility index (Phi) is 5.41. The van der Waals surface area contributed by atoms with E-state index in [1.54, 1.807) is 17.5 Å². The summed E-state index contributed by atoms with van der Waals surface area (Å²) in [5, 5.41) is 5.92. The van der Waals surface area contributed by atoms with Gasteiger partial charge in [-0.15, -0.1) is 11.3 Å². The Morgan fingerprint density at radius 2 is 1.89 bits per heavy atom. The van der Waals surface area contributed by atoms with E-state index in [4.69, 9.17) is 0 Å². The van der Waals surface area contributed by atoms with E-state index in [0.29, 0.717) is 0 Å². The minimum atomic E-state index is -0.0464. The fourth-order valence-electron chi connectivity index (χ4n) is 3.15. The lowest BCUT2D eigenvalue weighted by Crippen LogP contribution is -2.49. The molecule has 6 nitrogen and oxygen atoms in total. The van der Waals surface area contributed by atoms with Gasteiger partial charge in [0.25, 0.3) is 0 Å². The van der Waals surface area contributed by atoms with Crippen molar-refractivity contribution in [2.75, 3.05) is 31.5 Å². The van der Waals surface area contributed by atoms with Crippen LogP contribution in [0.5, 0.6) is 0 Å². The smallest absolute Gasteiger partial charge is 0.321 e. The largest absolute Gasteiger partial charge is 0.322 e. The molecule has 3 aromatic rings. The van der Waals surface area contributed by atoms with Gasteiger partial charge in [-0.3, -0.25) is 9.88 Å². The number of aromatic nitrogens is 2. The molecule has 1 saturated heterocycles. The van der Waals surface area contributed by atoms with Crippen molar-refractivity contribution in [3.63, 3.8) is 0 Å². The summed E-state index contributed by atoms with van der Waals surface area (Å²) in [4.78, 5) is 25.2. The van der Waals surface area contributed by atoms with Crippen LogP contribution in [0.15, 0.2) is 60.4 Å². The Hall–Kier alpha value is -2.77. The van der Waals surface area contributed by atoms with Crippen molar-refractivity contribution in [1.82, 2.24) is 19.8 Å². The van der Waals surface area contributed by atoms with Crippen LogP contribution in [0.25, 0.3) is 10.6 Å². The number of nitrogens with one attached hydrogen (secondary N) is 1. The highest BCUT2D eigenvalue weighted by molar-refractivity contribution is 7.13. The lowest BCUT2D eigenvalue weighted by molar-refractivity contribution is 0.143. The quantitative estimate of drug-likeness (QED) is 0.753. The molecular weight excluding hydrogens is 358 g/mol. The predicted molar refractivity (Wildman–Crippen MR) is 108 cm³/mol. The van der Waals surface area contributed by atoms with Gasteiger partial charge in [0.1, 0.15) is 5.01 Å². The van der Waals surface area contributed by atoms with Gasteiger partial charge in [0.05, 0.1) is 0 Å². The molecule has 138 valence electrons. The normalized spacial score (nSPS) is 14.9. The van der Waals surface area contributed by atoms with Crippen molar-refractivity contribution in [3.8, 4) is 10.6 Å². The topological polar surface area (TPSA) is 61.4 Å². The predicted octanol–water partition coefficient (Wildman–Crippen LogP) is 3.55. The average molecular weight is 379 g/mol. The first kappa shape index (κ1) is 17.6. The molecule has 0 spiro atoms. The Bertz CT molecular complexity index is 876. The number of nitrogens with zero attached hydrogens (tertiary/aromatic N) is 4. The first-order chi connectivity index (χ1) is 13.3. The number of carbonyl (C=O) groups excluding carboxylic acids is 1. The van der Waals surface area contributed by atoms with E-state index in [1.165, 1.54) is 5.56 Å². The van der Waals surface area contributed by atoms with E-state index in [0.717, 1.165) is 49.0 Å². The minimum Gasteiger partial charge on any atom is -0.322 e. The number of rotatable bonds is 4. The number of pyridine rings is 1. The molecule has 2 aromatic heterocycles. The zero-order valence-corrected chi connectivity index (χ0v) is 15.7. The molecule has 0 atom stereocenters. The first-order valence-electron chi connectivity index (χ1n) is 8.95. The van der Waals surface area contributed by atoms with Crippen molar-refractivity contribution in [1.29, 1.82) is 0 Å². The summed E-state index contributed by atoms with van der Waals surface area (Å²) in [6.45, 7) is 4.09. The molecule has 1 aliphatic rings. The molecule has 7 heteroatoms. The number of piperazine rings is 1. The van der Waals surface area contributed by atoms with E-state index >= 15 is 0 Å². The number of carbonyl (C=O) groups is 1. The Morgan fingerprint density at radius 1 is 1.07 bits per heavy atom. The number of hydrogen-bond donors (Lipinski definition) is 1. The van der Waals surface area contributed by atoms with Crippen LogP contribution in [-0.2, 0) is 6.54 Å². The summed E-state index contributed by atoms with van der Waals surface area (Å²) in [5.74, 6) is 0. The standard InChI is InChI=1S/C20H21N5OS/c26-20(23-18-3-1-2-17(14-18)19-22-8-13-27-19)25-11-9-24(10-12-25)15-16-4-6-21-7-5-16/h1-8,13-14H,9-12,15H2,(H,23,26). The Labute approximate surface area is 162 Å². The van der Waals surface area contributed by atoms with Crippen LogP contribution in [0.2, 0.25) is 0 Å². The lowest BCUT2D eigenvalue weighted by Gasteiger charge is -2.34. The summed E-state index contributed by atoms with van der Waals surface area (Å²) in [6, 6.07) is 11.9. The van der Waals surface area contributed by atoms with Crippen LogP contribution < -0.4 is 5.32 Å². The Balaban J connectivity index is 1.31. The van der Waals surface area contributed by atoms with Crippen molar-refractivity contribution in [2.24, 2.45) is 0 Å². The van der Waals surface area contributed by atoms with Crippen molar-refractivity contribution in [3.05, 3.63) is 65.9 Å². The van der Waals surface area contributed by atoms with E-state index in [1.807, 2.05) is 59.1 Å². The van der Waals surface area contributed by atoms with Crippen LogP contribution in [0.1, 0.15) is 5.56 Å². The monoisotopic (exact) mass is 379 g/mol. The highest BCUT2D eigenvalue weighted by Crippen LogP contribution is 2.24.